The van der Waals surface area contributed by atoms with Gasteiger partial charge in [-0.15, -0.1) is 0 Å². The Morgan fingerprint density at radius 1 is 0.963 bits per heavy atom. The number of benzene rings is 1. The zero-order chi connectivity index (χ0) is 21.0. The lowest BCUT2D eigenvalue weighted by molar-refractivity contribution is -0.131. The Bertz CT molecular complexity index is 624. The van der Waals surface area contributed by atoms with Gasteiger partial charge >= 0.3 is 5.97 Å². The van der Waals surface area contributed by atoms with Gasteiger partial charge in [0, 0.05) is 24.3 Å². The third-order valence-corrected chi connectivity index (χ3v) is 3.99. The molecule has 0 unspecified atom stereocenters. The maximum atomic E-state index is 12.7. The van der Waals surface area contributed by atoms with Crippen LogP contribution < -0.4 is 4.74 Å². The molecule has 4 heteroatoms. The maximum Gasteiger partial charge on any atom is 0.308 e. The molecular formula is C23H36O4. The highest BCUT2D eigenvalue weighted by Gasteiger charge is 2.27. The Balaban J connectivity index is 0.00000326. The maximum absolute atomic E-state index is 12.7. The van der Waals surface area contributed by atoms with E-state index in [1.54, 1.807) is 39.0 Å². The molecule has 1 aromatic carbocycles. The second-order valence-electron chi connectivity index (χ2n) is 7.47. The molecule has 0 radical (unpaired) electrons. The van der Waals surface area contributed by atoms with Crippen molar-refractivity contribution in [3.8, 4) is 5.75 Å². The van der Waals surface area contributed by atoms with Gasteiger partial charge in [-0.2, -0.15) is 0 Å². The molecule has 0 N–H and O–H groups in total. The molecule has 0 aromatic heterocycles. The molecule has 27 heavy (non-hydrogen) atoms. The summed E-state index contributed by atoms with van der Waals surface area (Å²) in [6.07, 6.45) is 5.87. The SMILES string of the molecule is CC.CCCCCCCC(=O)c1ccc(OC(C)=O)c(C(=O)C(C)(C)C)c1. The summed E-state index contributed by atoms with van der Waals surface area (Å²) in [6.45, 7) is 12.9. The highest BCUT2D eigenvalue weighted by atomic mass is 16.5. The number of ether oxygens (including phenoxy) is 1. The number of unbranched alkanes of at least 4 members (excludes halogenated alkanes) is 4. The lowest BCUT2D eigenvalue weighted by atomic mass is 9.85. The highest BCUT2D eigenvalue weighted by molar-refractivity contribution is 6.05. The largest absolute Gasteiger partial charge is 0.426 e. The number of hydrogen-bond acceptors (Lipinski definition) is 4. The number of esters is 1. The van der Waals surface area contributed by atoms with Crippen molar-refractivity contribution in [1.82, 2.24) is 0 Å². The minimum Gasteiger partial charge on any atom is -0.426 e. The van der Waals surface area contributed by atoms with Crippen LogP contribution >= 0.6 is 0 Å². The summed E-state index contributed by atoms with van der Waals surface area (Å²) >= 11 is 0. The molecule has 0 bridgehead atoms. The van der Waals surface area contributed by atoms with Gasteiger partial charge in [-0.1, -0.05) is 67.2 Å². The highest BCUT2D eigenvalue weighted by Crippen LogP contribution is 2.29. The molecule has 0 fully saturated rings. The molecule has 0 saturated carbocycles. The van der Waals surface area contributed by atoms with E-state index in [0.29, 0.717) is 17.5 Å². The first-order valence-electron chi connectivity index (χ1n) is 10.1. The minimum atomic E-state index is -0.628. The van der Waals surface area contributed by atoms with Crippen LogP contribution in [0.4, 0.5) is 0 Å². The van der Waals surface area contributed by atoms with Gasteiger partial charge in [0.05, 0.1) is 5.56 Å². The molecule has 0 amide bonds. The van der Waals surface area contributed by atoms with Gasteiger partial charge < -0.3 is 4.74 Å². The second-order valence-corrected chi connectivity index (χ2v) is 7.47. The number of ketones is 2. The zero-order valence-electron chi connectivity index (χ0n) is 18.1. The summed E-state index contributed by atoms with van der Waals surface area (Å²) in [4.78, 5) is 36.4. The van der Waals surface area contributed by atoms with Crippen molar-refractivity contribution >= 4 is 17.5 Å². The van der Waals surface area contributed by atoms with Crippen molar-refractivity contribution in [3.05, 3.63) is 29.3 Å². The Morgan fingerprint density at radius 3 is 2.07 bits per heavy atom. The first-order valence-corrected chi connectivity index (χ1v) is 10.1. The molecule has 152 valence electrons. The van der Waals surface area contributed by atoms with Crippen molar-refractivity contribution in [1.29, 1.82) is 0 Å². The van der Waals surface area contributed by atoms with Crippen LogP contribution in [0.1, 0.15) is 108 Å². The topological polar surface area (TPSA) is 60.4 Å². The molecule has 0 aliphatic carbocycles. The lowest BCUT2D eigenvalue weighted by Gasteiger charge is -2.19. The summed E-state index contributed by atoms with van der Waals surface area (Å²) < 4.78 is 5.15. The summed E-state index contributed by atoms with van der Waals surface area (Å²) in [5.74, 6) is -0.403. The molecule has 4 nitrogen and oxygen atoms in total. The number of carbonyl (C=O) groups is 3. The van der Waals surface area contributed by atoms with Gasteiger partial charge in [0.2, 0.25) is 0 Å². The third kappa shape index (κ3) is 8.98. The van der Waals surface area contributed by atoms with Crippen LogP contribution in [0.3, 0.4) is 0 Å². The first kappa shape index (κ1) is 25.0. The number of rotatable bonds is 9. The quantitative estimate of drug-likeness (QED) is 0.216. The predicted octanol–water partition coefficient (Wildman–Crippen LogP) is 6.41. The van der Waals surface area contributed by atoms with E-state index < -0.39 is 11.4 Å². The van der Waals surface area contributed by atoms with Crippen molar-refractivity contribution in [3.63, 3.8) is 0 Å². The van der Waals surface area contributed by atoms with Crippen LogP contribution in [0.25, 0.3) is 0 Å². The van der Waals surface area contributed by atoms with Crippen LogP contribution in [-0.4, -0.2) is 17.5 Å². The zero-order valence-corrected chi connectivity index (χ0v) is 18.1. The summed E-state index contributed by atoms with van der Waals surface area (Å²) in [7, 11) is 0. The lowest BCUT2D eigenvalue weighted by Crippen LogP contribution is -2.22. The Kier molecular flexibility index (Phi) is 11.5. The van der Waals surface area contributed by atoms with Crippen LogP contribution in [0.5, 0.6) is 5.75 Å². The van der Waals surface area contributed by atoms with E-state index in [4.69, 9.17) is 4.74 Å². The minimum absolute atomic E-state index is 0.0221. The fourth-order valence-electron chi connectivity index (χ4n) is 2.56. The van der Waals surface area contributed by atoms with Crippen molar-refractivity contribution < 1.29 is 19.1 Å². The van der Waals surface area contributed by atoms with Crippen LogP contribution in [0.15, 0.2) is 18.2 Å². The molecule has 0 atom stereocenters. The van der Waals surface area contributed by atoms with E-state index in [9.17, 15) is 14.4 Å². The van der Waals surface area contributed by atoms with Gasteiger partial charge in [-0.3, -0.25) is 14.4 Å². The molecule has 0 aliphatic rings. The van der Waals surface area contributed by atoms with Crippen molar-refractivity contribution in [2.75, 3.05) is 0 Å². The molecule has 1 rings (SSSR count). The van der Waals surface area contributed by atoms with E-state index in [2.05, 4.69) is 6.92 Å². The third-order valence-electron chi connectivity index (χ3n) is 3.99. The standard InChI is InChI=1S/C21H30O4.C2H6/c1-6-7-8-9-10-11-18(23)16-12-13-19(25-15(2)22)17(14-16)20(24)21(3,4)5;1-2/h12-14H,6-11H2,1-5H3;1-2H3. The Hall–Kier alpha value is -1.97. The first-order chi connectivity index (χ1) is 12.7. The van der Waals surface area contributed by atoms with E-state index in [-0.39, 0.29) is 17.3 Å². The van der Waals surface area contributed by atoms with Gasteiger partial charge in [-0.05, 0) is 24.6 Å². The molecule has 0 saturated heterocycles. The fraction of sp³-hybridized carbons (Fsp3) is 0.609. The normalized spacial score (nSPS) is 10.6. The predicted molar refractivity (Wildman–Crippen MR) is 111 cm³/mol. The van der Waals surface area contributed by atoms with Crippen LogP contribution in [-0.2, 0) is 4.79 Å². The van der Waals surface area contributed by atoms with Crippen molar-refractivity contribution in [2.24, 2.45) is 5.41 Å². The molecule has 0 spiro atoms. The summed E-state index contributed by atoms with van der Waals surface area (Å²) in [5.41, 5.74) is 0.162. The number of carbonyl (C=O) groups excluding carboxylic acids is 3. The van der Waals surface area contributed by atoms with E-state index in [1.165, 1.54) is 19.8 Å². The smallest absolute Gasteiger partial charge is 0.308 e. The summed E-state index contributed by atoms with van der Waals surface area (Å²) in [5, 5.41) is 0. The fourth-order valence-corrected chi connectivity index (χ4v) is 2.56. The van der Waals surface area contributed by atoms with Crippen LogP contribution in [0.2, 0.25) is 0 Å². The molecule has 0 aliphatic heterocycles. The van der Waals surface area contributed by atoms with Gasteiger partial charge in [0.25, 0.3) is 0 Å². The molecular weight excluding hydrogens is 340 g/mol. The Morgan fingerprint density at radius 2 is 1.56 bits per heavy atom. The van der Waals surface area contributed by atoms with E-state index >= 15 is 0 Å². The van der Waals surface area contributed by atoms with Gasteiger partial charge in [0.1, 0.15) is 5.75 Å². The number of Topliss-reactive ketones (excluding diaryl/α,β-unsaturated/α-hetero) is 2. The second kappa shape index (κ2) is 12.4. The monoisotopic (exact) mass is 376 g/mol. The average Bonchev–Trinajstić information content (AvgIpc) is 2.61. The van der Waals surface area contributed by atoms with Crippen molar-refractivity contribution in [2.45, 2.75) is 87.0 Å². The molecule has 1 aromatic rings. The van der Waals surface area contributed by atoms with Gasteiger partial charge in [-0.25, -0.2) is 0 Å². The van der Waals surface area contributed by atoms with Crippen LogP contribution in [0, 0.1) is 5.41 Å². The number of hydrogen-bond donors (Lipinski definition) is 0. The molecule has 0 heterocycles. The Labute approximate surface area is 164 Å². The average molecular weight is 377 g/mol. The van der Waals surface area contributed by atoms with E-state index in [0.717, 1.165) is 19.3 Å². The van der Waals surface area contributed by atoms with E-state index in [1.807, 2.05) is 13.8 Å². The summed E-state index contributed by atoms with van der Waals surface area (Å²) in [6, 6.07) is 4.75. The van der Waals surface area contributed by atoms with Gasteiger partial charge in [0.15, 0.2) is 11.6 Å².